The molecule has 0 N–H and O–H groups in total. The fraction of sp³-hybridized carbons (Fsp3) is 0.455. The van der Waals surface area contributed by atoms with E-state index in [-0.39, 0.29) is 5.69 Å². The Balaban J connectivity index is 2.47. The molecule has 1 aliphatic heterocycles. The second-order valence-electron chi connectivity index (χ2n) is 4.50. The van der Waals surface area contributed by atoms with Gasteiger partial charge in [0.05, 0.1) is 16.8 Å². The molecule has 0 aliphatic carbocycles. The molecule has 3 nitrogen and oxygen atoms in total. The van der Waals surface area contributed by atoms with Crippen LogP contribution >= 0.6 is 0 Å². The molecule has 2 rings (SSSR count). The van der Waals surface area contributed by atoms with Crippen LogP contribution in [0.1, 0.15) is 19.5 Å². The molecule has 92 valence electrons. The molecule has 2 heterocycles. The molecule has 0 saturated carbocycles. The molecule has 1 amide bonds. The summed E-state index contributed by atoms with van der Waals surface area (Å²) in [5.74, 6) is -0.566. The predicted octanol–water partition coefficient (Wildman–Crippen LogP) is 2.27. The minimum Gasteiger partial charge on any atom is -0.301 e. The number of fused-ring (bicyclic) bond motifs is 1. The maximum atomic E-state index is 12.4. The van der Waals surface area contributed by atoms with Gasteiger partial charge in [0.2, 0.25) is 5.91 Å². The third kappa shape index (κ3) is 1.87. The molecule has 0 fully saturated rings. The summed E-state index contributed by atoms with van der Waals surface area (Å²) in [5, 5.41) is 0. The monoisotopic (exact) mass is 244 g/mol. The van der Waals surface area contributed by atoms with Gasteiger partial charge in [-0.15, -0.1) is 0 Å². The van der Waals surface area contributed by atoms with Crippen molar-refractivity contribution in [1.29, 1.82) is 0 Å². The van der Waals surface area contributed by atoms with Gasteiger partial charge in [-0.1, -0.05) is 0 Å². The summed E-state index contributed by atoms with van der Waals surface area (Å²) in [7, 11) is 0. The molecular formula is C11H11F3N2O. The van der Waals surface area contributed by atoms with E-state index in [4.69, 9.17) is 0 Å². The minimum absolute atomic E-state index is 0.250. The summed E-state index contributed by atoms with van der Waals surface area (Å²) in [6.45, 7) is 1.89. The SMILES string of the molecule is CC1(C)C(=O)N(CC(F)(F)F)c2cccnc21. The Morgan fingerprint density at radius 1 is 1.41 bits per heavy atom. The van der Waals surface area contributed by atoms with Crippen LogP contribution in [0.5, 0.6) is 0 Å². The fourth-order valence-corrected chi connectivity index (χ4v) is 1.98. The number of anilines is 1. The Labute approximate surface area is 96.3 Å². The van der Waals surface area contributed by atoms with E-state index in [1.165, 1.54) is 18.3 Å². The first kappa shape index (κ1) is 11.9. The standard InChI is InChI=1S/C11H11F3N2O/c1-10(2)8-7(4-3-5-15-8)16(9(10)17)6-11(12,13)14/h3-5H,6H2,1-2H3. The van der Waals surface area contributed by atoms with E-state index in [0.29, 0.717) is 5.69 Å². The first-order chi connectivity index (χ1) is 7.73. The van der Waals surface area contributed by atoms with Crippen LogP contribution in [0.3, 0.4) is 0 Å². The van der Waals surface area contributed by atoms with Crippen LogP contribution in [-0.2, 0) is 10.2 Å². The van der Waals surface area contributed by atoms with E-state index in [2.05, 4.69) is 4.98 Å². The largest absolute Gasteiger partial charge is 0.406 e. The number of nitrogens with zero attached hydrogens (tertiary/aromatic N) is 2. The van der Waals surface area contributed by atoms with Crippen molar-refractivity contribution < 1.29 is 18.0 Å². The average molecular weight is 244 g/mol. The van der Waals surface area contributed by atoms with Crippen LogP contribution in [-0.4, -0.2) is 23.6 Å². The number of rotatable bonds is 1. The number of carbonyl (C=O) groups excluding carboxylic acids is 1. The van der Waals surface area contributed by atoms with E-state index >= 15 is 0 Å². The first-order valence-electron chi connectivity index (χ1n) is 5.08. The number of amides is 1. The number of pyridine rings is 1. The van der Waals surface area contributed by atoms with Gasteiger partial charge < -0.3 is 4.90 Å². The molecule has 0 aromatic carbocycles. The summed E-state index contributed by atoms with van der Waals surface area (Å²) in [4.78, 5) is 16.7. The number of alkyl halides is 3. The van der Waals surface area contributed by atoms with Gasteiger partial charge >= 0.3 is 6.18 Å². The number of carbonyl (C=O) groups is 1. The molecule has 6 heteroatoms. The Kier molecular flexibility index (Phi) is 2.41. The lowest BCUT2D eigenvalue weighted by Gasteiger charge is -2.21. The Bertz CT molecular complexity index is 468. The quantitative estimate of drug-likeness (QED) is 0.759. The van der Waals surface area contributed by atoms with Crippen molar-refractivity contribution in [2.45, 2.75) is 25.4 Å². The molecule has 1 aromatic heterocycles. The first-order valence-corrected chi connectivity index (χ1v) is 5.08. The lowest BCUT2D eigenvalue weighted by atomic mass is 9.90. The van der Waals surface area contributed by atoms with Crippen molar-refractivity contribution in [3.63, 3.8) is 0 Å². The molecule has 0 saturated heterocycles. The molecule has 0 radical (unpaired) electrons. The highest BCUT2D eigenvalue weighted by Crippen LogP contribution is 2.40. The van der Waals surface area contributed by atoms with Gasteiger partial charge in [0, 0.05) is 6.20 Å². The third-order valence-corrected chi connectivity index (χ3v) is 2.79. The van der Waals surface area contributed by atoms with Crippen molar-refractivity contribution in [3.8, 4) is 0 Å². The van der Waals surface area contributed by atoms with Crippen LogP contribution in [0.2, 0.25) is 0 Å². The van der Waals surface area contributed by atoms with E-state index in [0.717, 1.165) is 4.90 Å². The van der Waals surface area contributed by atoms with E-state index in [1.807, 2.05) is 0 Å². The van der Waals surface area contributed by atoms with Gasteiger partial charge in [-0.25, -0.2) is 0 Å². The topological polar surface area (TPSA) is 33.2 Å². The van der Waals surface area contributed by atoms with E-state index in [1.54, 1.807) is 13.8 Å². The Hall–Kier alpha value is -1.59. The number of aromatic nitrogens is 1. The van der Waals surface area contributed by atoms with E-state index in [9.17, 15) is 18.0 Å². The molecular weight excluding hydrogens is 233 g/mol. The summed E-state index contributed by atoms with van der Waals surface area (Å²) in [6, 6.07) is 3.01. The minimum atomic E-state index is -4.41. The Morgan fingerprint density at radius 3 is 2.65 bits per heavy atom. The molecule has 17 heavy (non-hydrogen) atoms. The van der Waals surface area contributed by atoms with Gasteiger partial charge in [-0.3, -0.25) is 9.78 Å². The highest BCUT2D eigenvalue weighted by Gasteiger charge is 2.48. The third-order valence-electron chi connectivity index (χ3n) is 2.79. The van der Waals surface area contributed by atoms with Crippen LogP contribution in [0, 0.1) is 0 Å². The summed E-state index contributed by atoms with van der Waals surface area (Å²) in [6.07, 6.45) is -2.94. The highest BCUT2D eigenvalue weighted by molar-refractivity contribution is 6.06. The van der Waals surface area contributed by atoms with Crippen molar-refractivity contribution in [1.82, 2.24) is 4.98 Å². The van der Waals surface area contributed by atoms with Crippen LogP contribution < -0.4 is 4.90 Å². The van der Waals surface area contributed by atoms with Gasteiger partial charge in [-0.05, 0) is 26.0 Å². The van der Waals surface area contributed by atoms with Gasteiger partial charge in [0.25, 0.3) is 0 Å². The molecule has 1 aromatic rings. The zero-order valence-electron chi connectivity index (χ0n) is 9.38. The highest BCUT2D eigenvalue weighted by atomic mass is 19.4. The summed E-state index contributed by atoms with van der Waals surface area (Å²) < 4.78 is 37.2. The van der Waals surface area contributed by atoms with Crippen LogP contribution in [0.25, 0.3) is 0 Å². The average Bonchev–Trinajstić information content (AvgIpc) is 2.39. The zero-order valence-corrected chi connectivity index (χ0v) is 9.38. The van der Waals surface area contributed by atoms with Crippen LogP contribution in [0.15, 0.2) is 18.3 Å². The number of hydrogen-bond acceptors (Lipinski definition) is 2. The number of halogens is 3. The normalized spacial score (nSPS) is 18.4. The Morgan fingerprint density at radius 2 is 2.06 bits per heavy atom. The second-order valence-corrected chi connectivity index (χ2v) is 4.50. The maximum Gasteiger partial charge on any atom is 0.406 e. The van der Waals surface area contributed by atoms with Crippen LogP contribution in [0.4, 0.5) is 18.9 Å². The molecule has 0 atom stereocenters. The van der Waals surface area contributed by atoms with Crippen molar-refractivity contribution in [2.75, 3.05) is 11.4 Å². The summed E-state index contributed by atoms with van der Waals surface area (Å²) in [5.41, 5.74) is -0.351. The summed E-state index contributed by atoms with van der Waals surface area (Å²) >= 11 is 0. The fourth-order valence-electron chi connectivity index (χ4n) is 1.98. The lowest BCUT2D eigenvalue weighted by Crippen LogP contribution is -2.41. The smallest absolute Gasteiger partial charge is 0.301 e. The lowest BCUT2D eigenvalue weighted by molar-refractivity contribution is -0.134. The van der Waals surface area contributed by atoms with Crippen molar-refractivity contribution >= 4 is 11.6 Å². The molecule has 0 unspecified atom stereocenters. The number of hydrogen-bond donors (Lipinski definition) is 0. The zero-order chi connectivity index (χ0) is 12.8. The van der Waals surface area contributed by atoms with E-state index < -0.39 is 24.0 Å². The van der Waals surface area contributed by atoms with Gasteiger partial charge in [0.15, 0.2) is 0 Å². The van der Waals surface area contributed by atoms with Crippen molar-refractivity contribution in [3.05, 3.63) is 24.0 Å². The van der Waals surface area contributed by atoms with Gasteiger partial charge in [-0.2, -0.15) is 13.2 Å². The van der Waals surface area contributed by atoms with Crippen molar-refractivity contribution in [2.24, 2.45) is 0 Å². The predicted molar refractivity (Wildman–Crippen MR) is 55.7 cm³/mol. The molecule has 1 aliphatic rings. The van der Waals surface area contributed by atoms with Gasteiger partial charge in [0.1, 0.15) is 6.54 Å². The maximum absolute atomic E-state index is 12.4. The molecule has 0 bridgehead atoms. The molecule has 0 spiro atoms. The second kappa shape index (κ2) is 3.45.